The van der Waals surface area contributed by atoms with E-state index in [2.05, 4.69) is 0 Å². The highest BCUT2D eigenvalue weighted by Gasteiger charge is 2.35. The molecule has 2 unspecified atom stereocenters. The molecule has 0 radical (unpaired) electrons. The molecule has 1 amide bonds. The minimum Gasteiger partial charge on any atom is -0.481 e. The van der Waals surface area contributed by atoms with Crippen LogP contribution in [-0.4, -0.2) is 40.6 Å². The van der Waals surface area contributed by atoms with Crippen LogP contribution >= 0.6 is 0 Å². The summed E-state index contributed by atoms with van der Waals surface area (Å²) in [5, 5.41) is 9.54. The summed E-state index contributed by atoms with van der Waals surface area (Å²) in [6.07, 6.45) is 4.68. The number of hydrogen-bond acceptors (Lipinski definition) is 3. The summed E-state index contributed by atoms with van der Waals surface area (Å²) in [7, 11) is 0. The van der Waals surface area contributed by atoms with E-state index < -0.39 is 18.0 Å². The minimum atomic E-state index is -0.885. The van der Waals surface area contributed by atoms with Crippen LogP contribution < -0.4 is 0 Å². The van der Waals surface area contributed by atoms with Crippen molar-refractivity contribution in [1.29, 1.82) is 0 Å². The fourth-order valence-corrected chi connectivity index (χ4v) is 3.78. The molecule has 1 aromatic carbocycles. The Morgan fingerprint density at radius 2 is 2.00 bits per heavy atom. The van der Waals surface area contributed by atoms with Crippen molar-refractivity contribution in [2.75, 3.05) is 6.54 Å². The smallest absolute Gasteiger partial charge is 0.312 e. The van der Waals surface area contributed by atoms with Gasteiger partial charge in [-0.25, -0.2) is 0 Å². The van der Waals surface area contributed by atoms with Crippen molar-refractivity contribution >= 4 is 11.9 Å². The molecule has 1 aliphatic heterocycles. The molecule has 130 valence electrons. The van der Waals surface area contributed by atoms with Gasteiger partial charge in [-0.3, -0.25) is 9.59 Å². The number of rotatable bonds is 5. The molecule has 1 heterocycles. The number of carboxylic acid groups (broad SMARTS) is 1. The third kappa shape index (κ3) is 3.46. The quantitative estimate of drug-likeness (QED) is 0.901. The van der Waals surface area contributed by atoms with Crippen LogP contribution in [0, 0.1) is 0 Å². The Morgan fingerprint density at radius 3 is 2.67 bits per heavy atom. The predicted molar refractivity (Wildman–Crippen MR) is 89.7 cm³/mol. The molecule has 0 saturated heterocycles. The van der Waals surface area contributed by atoms with Crippen LogP contribution in [0.4, 0.5) is 0 Å². The lowest BCUT2D eigenvalue weighted by Crippen LogP contribution is -2.46. The lowest BCUT2D eigenvalue weighted by Gasteiger charge is -2.35. The van der Waals surface area contributed by atoms with Gasteiger partial charge in [-0.15, -0.1) is 0 Å². The zero-order valence-corrected chi connectivity index (χ0v) is 14.1. The molecule has 0 aromatic heterocycles. The Balaban J connectivity index is 1.76. The van der Waals surface area contributed by atoms with E-state index in [1.54, 1.807) is 4.90 Å². The van der Waals surface area contributed by atoms with Crippen LogP contribution in [0.2, 0.25) is 0 Å². The van der Waals surface area contributed by atoms with Crippen molar-refractivity contribution in [3.63, 3.8) is 0 Å². The van der Waals surface area contributed by atoms with Crippen molar-refractivity contribution in [3.05, 3.63) is 35.4 Å². The Kier molecular flexibility index (Phi) is 5.19. The second-order valence-electron chi connectivity index (χ2n) is 6.75. The Labute approximate surface area is 142 Å². The van der Waals surface area contributed by atoms with Gasteiger partial charge in [-0.2, -0.15) is 0 Å². The number of carbonyl (C=O) groups is 2. The first-order valence-corrected chi connectivity index (χ1v) is 8.85. The van der Waals surface area contributed by atoms with E-state index in [4.69, 9.17) is 4.74 Å². The largest absolute Gasteiger partial charge is 0.481 e. The summed E-state index contributed by atoms with van der Waals surface area (Å²) >= 11 is 0. The van der Waals surface area contributed by atoms with Crippen LogP contribution in [0.5, 0.6) is 0 Å². The topological polar surface area (TPSA) is 66.8 Å². The second kappa shape index (κ2) is 7.34. The summed E-state index contributed by atoms with van der Waals surface area (Å²) in [6, 6.07) is 7.49. The zero-order valence-electron chi connectivity index (χ0n) is 14.1. The molecule has 1 saturated carbocycles. The number of aliphatic carboxylic acids is 1. The number of fused-ring (bicyclic) bond motifs is 1. The molecule has 0 spiro atoms. The molecule has 1 fully saturated rings. The molecule has 1 aromatic rings. The van der Waals surface area contributed by atoms with E-state index in [1.807, 2.05) is 31.2 Å². The number of nitrogens with zero attached hydrogens (tertiary/aromatic N) is 1. The summed E-state index contributed by atoms with van der Waals surface area (Å²) in [4.78, 5) is 26.2. The molecule has 5 nitrogen and oxygen atoms in total. The standard InChI is InChI=1S/C19H25NO4/c1-2-17(24-14-8-4-5-9-14)18(21)20-11-13-7-3-6-10-15(13)16(12-20)19(22)23/h3,6-7,10,14,16-17H,2,4-5,8-9,11-12H2,1H3,(H,22,23). The number of carbonyl (C=O) groups excluding carboxylic acids is 1. The van der Waals surface area contributed by atoms with Gasteiger partial charge in [0, 0.05) is 13.1 Å². The fourth-order valence-electron chi connectivity index (χ4n) is 3.78. The number of amides is 1. The van der Waals surface area contributed by atoms with Crippen molar-refractivity contribution in [3.8, 4) is 0 Å². The molecular formula is C19H25NO4. The van der Waals surface area contributed by atoms with Crippen molar-refractivity contribution in [2.24, 2.45) is 0 Å². The fraction of sp³-hybridized carbons (Fsp3) is 0.579. The van der Waals surface area contributed by atoms with E-state index in [0.717, 1.165) is 36.8 Å². The van der Waals surface area contributed by atoms with Gasteiger partial charge in [0.1, 0.15) is 6.10 Å². The number of benzene rings is 1. The van der Waals surface area contributed by atoms with E-state index in [1.165, 1.54) is 0 Å². The summed E-state index contributed by atoms with van der Waals surface area (Å²) in [5.74, 6) is -1.63. The van der Waals surface area contributed by atoms with Crippen molar-refractivity contribution in [2.45, 2.75) is 63.7 Å². The van der Waals surface area contributed by atoms with Crippen LogP contribution in [-0.2, 0) is 20.9 Å². The van der Waals surface area contributed by atoms with Gasteiger partial charge >= 0.3 is 5.97 Å². The van der Waals surface area contributed by atoms with Gasteiger partial charge in [0.05, 0.1) is 12.0 Å². The molecule has 24 heavy (non-hydrogen) atoms. The summed E-state index contributed by atoms with van der Waals surface area (Å²) < 4.78 is 6.02. The van der Waals surface area contributed by atoms with E-state index in [9.17, 15) is 14.7 Å². The number of carboxylic acids is 1. The van der Waals surface area contributed by atoms with Gasteiger partial charge in [-0.1, -0.05) is 44.0 Å². The van der Waals surface area contributed by atoms with Crippen LogP contribution in [0.25, 0.3) is 0 Å². The van der Waals surface area contributed by atoms with E-state index in [0.29, 0.717) is 13.0 Å². The third-order valence-corrected chi connectivity index (χ3v) is 5.11. The monoisotopic (exact) mass is 331 g/mol. The molecule has 2 aliphatic rings. The summed E-state index contributed by atoms with van der Waals surface area (Å²) in [5.41, 5.74) is 1.74. The first kappa shape index (κ1) is 17.0. The highest BCUT2D eigenvalue weighted by molar-refractivity contribution is 5.84. The normalized spacial score (nSPS) is 22.2. The molecule has 1 aliphatic carbocycles. The maximum atomic E-state index is 12.9. The lowest BCUT2D eigenvalue weighted by molar-refractivity contribution is -0.150. The highest BCUT2D eigenvalue weighted by atomic mass is 16.5. The van der Waals surface area contributed by atoms with E-state index in [-0.39, 0.29) is 18.6 Å². The predicted octanol–water partition coefficient (Wildman–Crippen LogP) is 2.93. The zero-order chi connectivity index (χ0) is 17.1. The Morgan fingerprint density at radius 1 is 1.29 bits per heavy atom. The molecular weight excluding hydrogens is 306 g/mol. The van der Waals surface area contributed by atoms with Gasteiger partial charge < -0.3 is 14.7 Å². The summed E-state index contributed by atoms with van der Waals surface area (Å²) in [6.45, 7) is 2.63. The van der Waals surface area contributed by atoms with Gasteiger partial charge in [0.2, 0.25) is 0 Å². The average Bonchev–Trinajstić information content (AvgIpc) is 3.11. The van der Waals surface area contributed by atoms with Crippen LogP contribution in [0.15, 0.2) is 24.3 Å². The maximum Gasteiger partial charge on any atom is 0.312 e. The molecule has 1 N–H and O–H groups in total. The van der Waals surface area contributed by atoms with Crippen molar-refractivity contribution < 1.29 is 19.4 Å². The number of hydrogen-bond donors (Lipinski definition) is 1. The Hall–Kier alpha value is -1.88. The number of ether oxygens (including phenoxy) is 1. The molecule has 3 rings (SSSR count). The average molecular weight is 331 g/mol. The van der Waals surface area contributed by atoms with E-state index >= 15 is 0 Å². The molecule has 0 bridgehead atoms. The SMILES string of the molecule is CCC(OC1CCCC1)C(=O)N1Cc2ccccc2C(C(=O)O)C1. The lowest BCUT2D eigenvalue weighted by atomic mass is 9.89. The maximum absolute atomic E-state index is 12.9. The van der Waals surface area contributed by atoms with Gasteiger partial charge in [0.15, 0.2) is 0 Å². The third-order valence-electron chi connectivity index (χ3n) is 5.11. The first-order chi connectivity index (χ1) is 11.6. The molecule has 2 atom stereocenters. The Bertz CT molecular complexity index is 609. The first-order valence-electron chi connectivity index (χ1n) is 8.85. The highest BCUT2D eigenvalue weighted by Crippen LogP contribution is 2.30. The second-order valence-corrected chi connectivity index (χ2v) is 6.75. The minimum absolute atomic E-state index is 0.0786. The van der Waals surface area contributed by atoms with Gasteiger partial charge in [-0.05, 0) is 30.4 Å². The van der Waals surface area contributed by atoms with Crippen LogP contribution in [0.3, 0.4) is 0 Å². The molecule has 5 heteroatoms. The van der Waals surface area contributed by atoms with Crippen molar-refractivity contribution in [1.82, 2.24) is 4.90 Å². The van der Waals surface area contributed by atoms with Crippen LogP contribution in [0.1, 0.15) is 56.1 Å². The van der Waals surface area contributed by atoms with Gasteiger partial charge in [0.25, 0.3) is 5.91 Å².